The summed E-state index contributed by atoms with van der Waals surface area (Å²) in [6, 6.07) is -0.480. The van der Waals surface area contributed by atoms with Crippen LogP contribution in [0.4, 0.5) is 0 Å². The Labute approximate surface area is 95.0 Å². The molecule has 16 heavy (non-hydrogen) atoms. The van der Waals surface area contributed by atoms with Crippen molar-refractivity contribution in [3.05, 3.63) is 11.6 Å². The van der Waals surface area contributed by atoms with Gasteiger partial charge in [0.05, 0.1) is 12.0 Å². The van der Waals surface area contributed by atoms with Gasteiger partial charge in [0.1, 0.15) is 6.04 Å². The molecule has 1 amide bonds. The SMILES string of the molecule is CCOC(=O)[C@H]1NC(=O)[C@]2(C)C(C)=CC[C@H]12. The topological polar surface area (TPSA) is 55.4 Å². The molecule has 0 aromatic heterocycles. The molecule has 2 rings (SSSR count). The van der Waals surface area contributed by atoms with E-state index in [1.165, 1.54) is 0 Å². The van der Waals surface area contributed by atoms with Gasteiger partial charge in [-0.15, -0.1) is 0 Å². The molecule has 1 saturated heterocycles. The summed E-state index contributed by atoms with van der Waals surface area (Å²) in [6.07, 6.45) is 2.82. The number of hydrogen-bond acceptors (Lipinski definition) is 3. The highest BCUT2D eigenvalue weighted by Gasteiger charge is 2.57. The molecule has 3 atom stereocenters. The van der Waals surface area contributed by atoms with Crippen LogP contribution < -0.4 is 5.32 Å². The van der Waals surface area contributed by atoms with Crippen molar-refractivity contribution in [3.8, 4) is 0 Å². The molecule has 4 heteroatoms. The summed E-state index contributed by atoms with van der Waals surface area (Å²) in [7, 11) is 0. The van der Waals surface area contributed by atoms with Gasteiger partial charge in [0.15, 0.2) is 0 Å². The van der Waals surface area contributed by atoms with Crippen molar-refractivity contribution < 1.29 is 14.3 Å². The first-order valence-corrected chi connectivity index (χ1v) is 5.66. The lowest BCUT2D eigenvalue weighted by molar-refractivity contribution is -0.146. The van der Waals surface area contributed by atoms with Gasteiger partial charge in [0, 0.05) is 5.92 Å². The van der Waals surface area contributed by atoms with Crippen LogP contribution in [0.25, 0.3) is 0 Å². The summed E-state index contributed by atoms with van der Waals surface area (Å²) in [6.45, 7) is 5.98. The first-order chi connectivity index (χ1) is 7.51. The predicted octanol–water partition coefficient (Wildman–Crippen LogP) is 1.02. The van der Waals surface area contributed by atoms with Crippen molar-refractivity contribution in [2.24, 2.45) is 11.3 Å². The molecule has 4 nitrogen and oxygen atoms in total. The van der Waals surface area contributed by atoms with Crippen molar-refractivity contribution in [1.29, 1.82) is 0 Å². The number of hydrogen-bond donors (Lipinski definition) is 1. The summed E-state index contributed by atoms with van der Waals surface area (Å²) >= 11 is 0. The Bertz CT molecular complexity index is 374. The lowest BCUT2D eigenvalue weighted by atomic mass is 9.76. The van der Waals surface area contributed by atoms with Gasteiger partial charge in [-0.05, 0) is 27.2 Å². The zero-order chi connectivity index (χ0) is 11.9. The smallest absolute Gasteiger partial charge is 0.328 e. The van der Waals surface area contributed by atoms with Crippen molar-refractivity contribution >= 4 is 11.9 Å². The van der Waals surface area contributed by atoms with Gasteiger partial charge < -0.3 is 10.1 Å². The third kappa shape index (κ3) is 1.29. The second kappa shape index (κ2) is 3.61. The minimum Gasteiger partial charge on any atom is -0.464 e. The summed E-state index contributed by atoms with van der Waals surface area (Å²) in [5, 5.41) is 2.76. The quantitative estimate of drug-likeness (QED) is 0.561. The highest BCUT2D eigenvalue weighted by Crippen LogP contribution is 2.49. The molecular formula is C12H17NO3. The molecule has 0 radical (unpaired) electrons. The predicted molar refractivity (Wildman–Crippen MR) is 58.5 cm³/mol. The molecule has 1 fully saturated rings. The van der Waals surface area contributed by atoms with E-state index in [9.17, 15) is 9.59 Å². The van der Waals surface area contributed by atoms with E-state index in [1.807, 2.05) is 13.8 Å². The summed E-state index contributed by atoms with van der Waals surface area (Å²) in [5.74, 6) is -0.353. The van der Waals surface area contributed by atoms with Crippen molar-refractivity contribution in [1.82, 2.24) is 5.32 Å². The maximum absolute atomic E-state index is 11.9. The maximum Gasteiger partial charge on any atom is 0.328 e. The molecule has 0 saturated carbocycles. The van der Waals surface area contributed by atoms with Crippen LogP contribution >= 0.6 is 0 Å². The van der Waals surface area contributed by atoms with E-state index >= 15 is 0 Å². The number of ether oxygens (including phenoxy) is 1. The third-order valence-corrected chi connectivity index (χ3v) is 3.94. The highest BCUT2D eigenvalue weighted by molar-refractivity contribution is 5.95. The summed E-state index contributed by atoms with van der Waals surface area (Å²) in [4.78, 5) is 23.7. The molecule has 0 aromatic rings. The molecule has 1 heterocycles. The normalized spacial score (nSPS) is 36.7. The monoisotopic (exact) mass is 223 g/mol. The Hall–Kier alpha value is -1.32. The minimum absolute atomic E-state index is 0.0130. The average molecular weight is 223 g/mol. The van der Waals surface area contributed by atoms with Crippen molar-refractivity contribution in [3.63, 3.8) is 0 Å². The summed E-state index contributed by atoms with van der Waals surface area (Å²) < 4.78 is 4.99. The molecule has 2 aliphatic rings. The maximum atomic E-state index is 11.9. The van der Waals surface area contributed by atoms with E-state index in [0.29, 0.717) is 6.61 Å². The average Bonchev–Trinajstić information content (AvgIpc) is 2.66. The number of nitrogens with one attached hydrogen (secondary N) is 1. The van der Waals surface area contributed by atoms with Crippen LogP contribution in [0.1, 0.15) is 27.2 Å². The highest BCUT2D eigenvalue weighted by atomic mass is 16.5. The first kappa shape index (κ1) is 11.2. The van der Waals surface area contributed by atoms with Crippen molar-refractivity contribution in [2.75, 3.05) is 6.61 Å². The van der Waals surface area contributed by atoms with Gasteiger partial charge in [0.25, 0.3) is 0 Å². The van der Waals surface area contributed by atoms with E-state index in [2.05, 4.69) is 11.4 Å². The van der Waals surface area contributed by atoms with Gasteiger partial charge in [-0.3, -0.25) is 4.79 Å². The van der Waals surface area contributed by atoms with E-state index in [-0.39, 0.29) is 17.8 Å². The molecule has 0 unspecified atom stereocenters. The van der Waals surface area contributed by atoms with Gasteiger partial charge >= 0.3 is 5.97 Å². The molecule has 1 aliphatic carbocycles. The zero-order valence-corrected chi connectivity index (χ0v) is 9.87. The number of fused-ring (bicyclic) bond motifs is 1. The van der Waals surface area contributed by atoms with Crippen molar-refractivity contribution in [2.45, 2.75) is 33.2 Å². The zero-order valence-electron chi connectivity index (χ0n) is 9.87. The van der Waals surface area contributed by atoms with Crippen LogP contribution in [-0.2, 0) is 14.3 Å². The van der Waals surface area contributed by atoms with Crippen LogP contribution in [0.3, 0.4) is 0 Å². The Morgan fingerprint density at radius 1 is 1.69 bits per heavy atom. The molecule has 0 bridgehead atoms. The number of carbonyl (C=O) groups excluding carboxylic acids is 2. The van der Waals surface area contributed by atoms with Gasteiger partial charge in [-0.2, -0.15) is 0 Å². The van der Waals surface area contributed by atoms with Gasteiger partial charge in [-0.1, -0.05) is 11.6 Å². The van der Waals surface area contributed by atoms with Crippen LogP contribution in [0.5, 0.6) is 0 Å². The number of carbonyl (C=O) groups is 2. The molecule has 0 aromatic carbocycles. The van der Waals surface area contributed by atoms with E-state index in [0.717, 1.165) is 12.0 Å². The van der Waals surface area contributed by atoms with Crippen LogP contribution in [-0.4, -0.2) is 24.5 Å². The Morgan fingerprint density at radius 3 is 3.00 bits per heavy atom. The third-order valence-electron chi connectivity index (χ3n) is 3.94. The Kier molecular flexibility index (Phi) is 2.52. The molecule has 0 spiro atoms. The van der Waals surface area contributed by atoms with Gasteiger partial charge in [-0.25, -0.2) is 4.79 Å². The molecule has 88 valence electrons. The second-order valence-corrected chi connectivity index (χ2v) is 4.63. The standard InChI is InChI=1S/C12H17NO3/c1-4-16-10(14)9-8-6-5-7(2)12(8,3)11(15)13-9/h5,8-9H,4,6H2,1-3H3,(H,13,15)/t8-,9+,12-/m1/s1. The first-order valence-electron chi connectivity index (χ1n) is 5.66. The molecule has 1 N–H and O–H groups in total. The van der Waals surface area contributed by atoms with Crippen LogP contribution in [0.2, 0.25) is 0 Å². The lowest BCUT2D eigenvalue weighted by Gasteiger charge is -2.24. The van der Waals surface area contributed by atoms with Crippen LogP contribution in [0.15, 0.2) is 11.6 Å². The Morgan fingerprint density at radius 2 is 2.38 bits per heavy atom. The largest absolute Gasteiger partial charge is 0.464 e. The fraction of sp³-hybridized carbons (Fsp3) is 0.667. The molecular weight excluding hydrogens is 206 g/mol. The number of rotatable bonds is 2. The second-order valence-electron chi connectivity index (χ2n) is 4.63. The summed E-state index contributed by atoms with van der Waals surface area (Å²) in [5.41, 5.74) is 0.541. The lowest BCUT2D eigenvalue weighted by Crippen LogP contribution is -2.38. The Balaban J connectivity index is 2.24. The van der Waals surface area contributed by atoms with E-state index < -0.39 is 11.5 Å². The fourth-order valence-corrected chi connectivity index (χ4v) is 2.71. The van der Waals surface area contributed by atoms with Gasteiger partial charge in [0.2, 0.25) is 5.91 Å². The number of allylic oxidation sites excluding steroid dienone is 1. The number of amides is 1. The van der Waals surface area contributed by atoms with Crippen LogP contribution in [0, 0.1) is 11.3 Å². The van der Waals surface area contributed by atoms with E-state index in [4.69, 9.17) is 4.74 Å². The number of esters is 1. The van der Waals surface area contributed by atoms with E-state index in [1.54, 1.807) is 6.92 Å². The fourth-order valence-electron chi connectivity index (χ4n) is 2.71. The molecule has 1 aliphatic heterocycles. The minimum atomic E-state index is -0.516.